The average molecular weight is 132 g/mol. The molecule has 0 aromatic heterocycles. The minimum atomic E-state index is 0. The predicted molar refractivity (Wildman–Crippen MR) is 34.8 cm³/mol. The van der Waals surface area contributed by atoms with E-state index in [1.165, 1.54) is 0 Å². The summed E-state index contributed by atoms with van der Waals surface area (Å²) in [5.74, 6) is 0.281. The molecule has 2 heterocycles. The zero-order valence-electron chi connectivity index (χ0n) is 5.50. The van der Waals surface area contributed by atoms with Crippen LogP contribution in [-0.2, 0) is 4.79 Å². The van der Waals surface area contributed by atoms with Gasteiger partial charge in [0, 0.05) is 48.2 Å². The Kier molecular flexibility index (Phi) is 1.99. The third kappa shape index (κ3) is 0.955. The monoisotopic (exact) mass is 132 g/mol. The summed E-state index contributed by atoms with van der Waals surface area (Å²) < 4.78 is 0. The van der Waals surface area contributed by atoms with Gasteiger partial charge in [-0.3, -0.25) is 4.79 Å². The minimum Gasteiger partial charge on any atom is -0.315 e. The summed E-state index contributed by atoms with van der Waals surface area (Å²) in [4.78, 5) is 12.4. The Morgan fingerprint density at radius 2 is 2.44 bits per heavy atom. The van der Waals surface area contributed by atoms with E-state index >= 15 is 0 Å². The van der Waals surface area contributed by atoms with Gasteiger partial charge in [0.05, 0.1) is 0 Å². The van der Waals surface area contributed by atoms with Gasteiger partial charge in [0.15, 0.2) is 0 Å². The topological polar surface area (TPSA) is 20.3 Å². The van der Waals surface area contributed by atoms with Gasteiger partial charge in [0.1, 0.15) is 0 Å². The number of nitrogens with zero attached hydrogens (tertiary/aromatic N) is 1. The standard InChI is InChI=1S/C6H7NO.Na/c8-6-4-5-2-1-3-7(5)6;/h1,3,5H,2,4H2;/t5-;/m1./s1. The van der Waals surface area contributed by atoms with Crippen molar-refractivity contribution in [1.82, 2.24) is 4.90 Å². The van der Waals surface area contributed by atoms with Crippen molar-refractivity contribution in [2.45, 2.75) is 18.9 Å². The van der Waals surface area contributed by atoms with Crippen LogP contribution in [0.3, 0.4) is 0 Å². The van der Waals surface area contributed by atoms with Crippen LogP contribution in [0, 0.1) is 0 Å². The minimum absolute atomic E-state index is 0. The smallest absolute Gasteiger partial charge is 0.228 e. The molecule has 1 amide bonds. The van der Waals surface area contributed by atoms with Crippen LogP contribution in [-0.4, -0.2) is 46.4 Å². The van der Waals surface area contributed by atoms with Crippen molar-refractivity contribution >= 4 is 35.5 Å². The van der Waals surface area contributed by atoms with Crippen LogP contribution in [0.2, 0.25) is 0 Å². The molecule has 3 heteroatoms. The van der Waals surface area contributed by atoms with Crippen molar-refractivity contribution in [2.24, 2.45) is 0 Å². The number of β-lactam (4-membered cyclic amide) rings is 1. The first-order chi connectivity index (χ1) is 3.88. The van der Waals surface area contributed by atoms with E-state index in [0.717, 1.165) is 12.8 Å². The second kappa shape index (κ2) is 2.45. The van der Waals surface area contributed by atoms with Gasteiger partial charge >= 0.3 is 0 Å². The van der Waals surface area contributed by atoms with E-state index in [1.54, 1.807) is 4.90 Å². The zero-order valence-corrected chi connectivity index (χ0v) is 7.50. The van der Waals surface area contributed by atoms with Crippen molar-refractivity contribution in [3.63, 3.8) is 0 Å². The molecule has 1 fully saturated rings. The zero-order chi connectivity index (χ0) is 5.56. The van der Waals surface area contributed by atoms with E-state index < -0.39 is 0 Å². The number of fused-ring (bicyclic) bond motifs is 1. The normalized spacial score (nSPS) is 29.1. The van der Waals surface area contributed by atoms with Crippen molar-refractivity contribution in [3.8, 4) is 0 Å². The fourth-order valence-electron chi connectivity index (χ4n) is 1.23. The molecule has 0 aromatic carbocycles. The summed E-state index contributed by atoms with van der Waals surface area (Å²) in [5.41, 5.74) is 0. The number of amides is 1. The molecule has 2 rings (SSSR count). The number of hydrogen-bond donors (Lipinski definition) is 0. The van der Waals surface area contributed by atoms with Crippen molar-refractivity contribution in [2.75, 3.05) is 0 Å². The number of carbonyl (C=O) groups excluding carboxylic acids is 1. The van der Waals surface area contributed by atoms with Crippen LogP contribution in [0.15, 0.2) is 12.3 Å². The van der Waals surface area contributed by atoms with E-state index in [1.807, 2.05) is 6.20 Å². The molecule has 1 radical (unpaired) electrons. The quantitative estimate of drug-likeness (QED) is 0.338. The molecule has 0 N–H and O–H groups in total. The maximum absolute atomic E-state index is 10.6. The van der Waals surface area contributed by atoms with E-state index in [9.17, 15) is 4.79 Å². The van der Waals surface area contributed by atoms with Crippen molar-refractivity contribution in [1.29, 1.82) is 0 Å². The second-order valence-electron chi connectivity index (χ2n) is 2.28. The molecule has 0 aliphatic carbocycles. The molecule has 0 saturated carbocycles. The first kappa shape index (κ1) is 7.32. The Labute approximate surface area is 76.2 Å². The van der Waals surface area contributed by atoms with Gasteiger partial charge in [-0.05, 0) is 6.42 Å². The van der Waals surface area contributed by atoms with Gasteiger partial charge in [-0.1, -0.05) is 6.08 Å². The second-order valence-corrected chi connectivity index (χ2v) is 2.28. The van der Waals surface area contributed by atoms with Gasteiger partial charge in [-0.15, -0.1) is 0 Å². The number of rotatable bonds is 0. The largest absolute Gasteiger partial charge is 0.315 e. The molecule has 0 unspecified atom stereocenters. The van der Waals surface area contributed by atoms with Gasteiger partial charge in [-0.2, -0.15) is 0 Å². The van der Waals surface area contributed by atoms with Gasteiger partial charge < -0.3 is 4.90 Å². The van der Waals surface area contributed by atoms with Crippen LogP contribution >= 0.6 is 0 Å². The average Bonchev–Trinajstić information content (AvgIpc) is 2.09. The van der Waals surface area contributed by atoms with Crippen LogP contribution in [0.5, 0.6) is 0 Å². The molecule has 1 atom stereocenters. The molecular formula is C6H7NNaO. The number of carbonyl (C=O) groups is 1. The predicted octanol–water partition coefficient (Wildman–Crippen LogP) is 0.124. The summed E-state index contributed by atoms with van der Waals surface area (Å²) >= 11 is 0. The molecule has 43 valence electrons. The Balaban J connectivity index is 0.000000405. The third-order valence-corrected chi connectivity index (χ3v) is 1.77. The fraction of sp³-hybridized carbons (Fsp3) is 0.500. The van der Waals surface area contributed by atoms with Gasteiger partial charge in [-0.25, -0.2) is 0 Å². The Morgan fingerprint density at radius 1 is 1.67 bits per heavy atom. The molecule has 2 nitrogen and oxygen atoms in total. The fourth-order valence-corrected chi connectivity index (χ4v) is 1.23. The molecule has 2 aliphatic heterocycles. The van der Waals surface area contributed by atoms with Crippen LogP contribution < -0.4 is 0 Å². The SMILES string of the molecule is O=C1C[C@H]2CC=CN12.[Na]. The maximum atomic E-state index is 10.6. The maximum Gasteiger partial charge on any atom is 0.228 e. The Bertz CT molecular complexity index is 166. The summed E-state index contributed by atoms with van der Waals surface area (Å²) in [5, 5.41) is 0. The van der Waals surface area contributed by atoms with E-state index in [0.29, 0.717) is 6.04 Å². The van der Waals surface area contributed by atoms with E-state index in [2.05, 4.69) is 6.08 Å². The molecule has 2 aliphatic rings. The molecule has 0 aromatic rings. The van der Waals surface area contributed by atoms with Crippen LogP contribution in [0.1, 0.15) is 12.8 Å². The summed E-state index contributed by atoms with van der Waals surface area (Å²) in [6, 6.07) is 0.544. The molecule has 9 heavy (non-hydrogen) atoms. The molecule has 1 saturated heterocycles. The third-order valence-electron chi connectivity index (χ3n) is 1.77. The molecule has 0 spiro atoms. The van der Waals surface area contributed by atoms with Crippen molar-refractivity contribution < 1.29 is 4.79 Å². The Morgan fingerprint density at radius 3 is 2.89 bits per heavy atom. The first-order valence-electron chi connectivity index (χ1n) is 2.86. The Hall–Kier alpha value is 0.210. The molecular weight excluding hydrogens is 125 g/mol. The van der Waals surface area contributed by atoms with Crippen molar-refractivity contribution in [3.05, 3.63) is 12.3 Å². The van der Waals surface area contributed by atoms with Gasteiger partial charge in [0.2, 0.25) is 5.91 Å². The first-order valence-corrected chi connectivity index (χ1v) is 2.86. The van der Waals surface area contributed by atoms with E-state index in [4.69, 9.17) is 0 Å². The summed E-state index contributed by atoms with van der Waals surface area (Å²) in [7, 11) is 0. The van der Waals surface area contributed by atoms with Gasteiger partial charge in [0.25, 0.3) is 0 Å². The van der Waals surface area contributed by atoms with Crippen LogP contribution in [0.4, 0.5) is 0 Å². The molecule has 0 bridgehead atoms. The van der Waals surface area contributed by atoms with Crippen LogP contribution in [0.25, 0.3) is 0 Å². The summed E-state index contributed by atoms with van der Waals surface area (Å²) in [6.07, 6.45) is 5.78. The van der Waals surface area contributed by atoms with E-state index in [-0.39, 0.29) is 35.5 Å². The summed E-state index contributed by atoms with van der Waals surface area (Å²) in [6.45, 7) is 0. The number of hydrogen-bond acceptors (Lipinski definition) is 1.